The van der Waals surface area contributed by atoms with E-state index in [2.05, 4.69) is 29.4 Å². The maximum Gasteiger partial charge on any atom is 0.231 e. The minimum absolute atomic E-state index is 0.100. The van der Waals surface area contributed by atoms with Crippen LogP contribution in [0.4, 0.5) is 0 Å². The molecule has 1 aliphatic carbocycles. The number of aromatic amines is 1. The molecule has 1 fully saturated rings. The molecule has 132 valence electrons. The number of ether oxygens (including phenoxy) is 2. The molecule has 0 atom stereocenters. The minimum atomic E-state index is -0.403. The van der Waals surface area contributed by atoms with E-state index in [1.165, 1.54) is 0 Å². The van der Waals surface area contributed by atoms with E-state index >= 15 is 0 Å². The largest absolute Gasteiger partial charge is 0.454 e. The first-order chi connectivity index (χ1) is 12.7. The molecule has 0 bridgehead atoms. The van der Waals surface area contributed by atoms with E-state index in [1.807, 2.05) is 30.3 Å². The normalized spacial score (nSPS) is 16.7. The van der Waals surface area contributed by atoms with Crippen molar-refractivity contribution in [3.8, 4) is 11.5 Å². The zero-order valence-electron chi connectivity index (χ0n) is 14.6. The summed E-state index contributed by atoms with van der Waals surface area (Å²) in [5.74, 6) is 1.60. The fourth-order valence-corrected chi connectivity index (χ4v) is 4.01. The third kappa shape index (κ3) is 2.27. The van der Waals surface area contributed by atoms with E-state index in [4.69, 9.17) is 9.47 Å². The molecule has 2 aliphatic rings. The average Bonchev–Trinajstić information content (AvgIpc) is 3.17. The Morgan fingerprint density at radius 2 is 1.96 bits per heavy atom. The summed E-state index contributed by atoms with van der Waals surface area (Å²) in [5.41, 5.74) is 3.93. The quantitative estimate of drug-likeness (QED) is 0.758. The molecule has 1 aliphatic heterocycles. The number of carbonyl (C=O) groups is 1. The van der Waals surface area contributed by atoms with Gasteiger partial charge in [0.05, 0.1) is 5.41 Å². The van der Waals surface area contributed by atoms with Crippen LogP contribution in [0.3, 0.4) is 0 Å². The first-order valence-corrected chi connectivity index (χ1v) is 8.92. The summed E-state index contributed by atoms with van der Waals surface area (Å²) in [6, 6.07) is 14.0. The Hall–Kier alpha value is -2.95. The highest BCUT2D eigenvalue weighted by Gasteiger charge is 2.53. The molecule has 5 heteroatoms. The SMILES string of the molecule is Cc1[nH]c2ccccc2c1C1(C(=O)NCc2ccc3c(c2)OCO3)CC1. The Bertz CT molecular complexity index is 1020. The molecule has 0 saturated heterocycles. The maximum atomic E-state index is 13.0. The molecule has 3 aromatic rings. The van der Waals surface area contributed by atoms with Gasteiger partial charge in [0.2, 0.25) is 12.7 Å². The van der Waals surface area contributed by atoms with Crippen LogP contribution in [0.25, 0.3) is 10.9 Å². The second-order valence-electron chi connectivity index (χ2n) is 7.12. The number of carbonyl (C=O) groups excluding carboxylic acids is 1. The number of hydrogen-bond acceptors (Lipinski definition) is 3. The average molecular weight is 348 g/mol. The van der Waals surface area contributed by atoms with Gasteiger partial charge >= 0.3 is 0 Å². The molecule has 2 N–H and O–H groups in total. The van der Waals surface area contributed by atoms with E-state index in [0.29, 0.717) is 6.54 Å². The molecule has 2 heterocycles. The summed E-state index contributed by atoms with van der Waals surface area (Å²) < 4.78 is 10.7. The number of benzene rings is 2. The Kier molecular flexibility index (Phi) is 3.26. The van der Waals surface area contributed by atoms with Gasteiger partial charge in [-0.25, -0.2) is 0 Å². The van der Waals surface area contributed by atoms with Gasteiger partial charge in [0, 0.05) is 23.1 Å². The van der Waals surface area contributed by atoms with Crippen molar-refractivity contribution in [3.63, 3.8) is 0 Å². The second-order valence-corrected chi connectivity index (χ2v) is 7.12. The van der Waals surface area contributed by atoms with Crippen LogP contribution in [0.5, 0.6) is 11.5 Å². The molecule has 0 unspecified atom stereocenters. The lowest BCUT2D eigenvalue weighted by Crippen LogP contribution is -2.34. The highest BCUT2D eigenvalue weighted by atomic mass is 16.7. The second kappa shape index (κ2) is 5.53. The monoisotopic (exact) mass is 348 g/mol. The van der Waals surface area contributed by atoms with E-state index < -0.39 is 5.41 Å². The predicted molar refractivity (Wildman–Crippen MR) is 98.4 cm³/mol. The number of H-pyrrole nitrogens is 1. The van der Waals surface area contributed by atoms with Gasteiger partial charge in [-0.3, -0.25) is 4.79 Å². The number of hydrogen-bond donors (Lipinski definition) is 2. The molecule has 2 aromatic carbocycles. The van der Waals surface area contributed by atoms with Crippen LogP contribution in [0.1, 0.15) is 29.7 Å². The standard InChI is InChI=1S/C21H20N2O3/c1-13-19(15-4-2-3-5-16(15)23-13)21(8-9-21)20(24)22-11-14-6-7-17-18(10-14)26-12-25-17/h2-7,10,23H,8-9,11-12H2,1H3,(H,22,24). The zero-order valence-corrected chi connectivity index (χ0v) is 14.6. The lowest BCUT2D eigenvalue weighted by atomic mass is 9.92. The molecule has 1 aromatic heterocycles. The van der Waals surface area contributed by atoms with E-state index in [1.54, 1.807) is 0 Å². The third-order valence-corrected chi connectivity index (χ3v) is 5.45. The molecular formula is C21H20N2O3. The van der Waals surface area contributed by atoms with Gasteiger partial charge < -0.3 is 19.8 Å². The molecule has 1 saturated carbocycles. The van der Waals surface area contributed by atoms with Crippen molar-refractivity contribution in [1.29, 1.82) is 0 Å². The van der Waals surface area contributed by atoms with Crippen molar-refractivity contribution in [3.05, 3.63) is 59.3 Å². The van der Waals surface area contributed by atoms with Crippen molar-refractivity contribution >= 4 is 16.8 Å². The smallest absolute Gasteiger partial charge is 0.231 e. The summed E-state index contributed by atoms with van der Waals surface area (Å²) in [6.45, 7) is 2.80. The van der Waals surface area contributed by atoms with Crippen molar-refractivity contribution < 1.29 is 14.3 Å². The van der Waals surface area contributed by atoms with Crippen LogP contribution in [-0.4, -0.2) is 17.7 Å². The van der Waals surface area contributed by atoms with Gasteiger partial charge in [-0.05, 0) is 49.1 Å². The topological polar surface area (TPSA) is 63.4 Å². The van der Waals surface area contributed by atoms with Gasteiger partial charge in [-0.15, -0.1) is 0 Å². The number of amides is 1. The molecule has 0 spiro atoms. The van der Waals surface area contributed by atoms with Crippen molar-refractivity contribution in [2.45, 2.75) is 31.7 Å². The molecule has 5 rings (SSSR count). The van der Waals surface area contributed by atoms with E-state index in [9.17, 15) is 4.79 Å². The van der Waals surface area contributed by atoms with E-state index in [-0.39, 0.29) is 12.7 Å². The van der Waals surface area contributed by atoms with E-state index in [0.717, 1.165) is 52.1 Å². The number of rotatable bonds is 4. The highest BCUT2D eigenvalue weighted by molar-refractivity contribution is 5.98. The summed E-state index contributed by atoms with van der Waals surface area (Å²) in [7, 11) is 0. The first-order valence-electron chi connectivity index (χ1n) is 8.92. The lowest BCUT2D eigenvalue weighted by molar-refractivity contribution is -0.123. The number of aryl methyl sites for hydroxylation is 1. The third-order valence-electron chi connectivity index (χ3n) is 5.45. The number of nitrogens with one attached hydrogen (secondary N) is 2. The molecular weight excluding hydrogens is 328 g/mol. The summed E-state index contributed by atoms with van der Waals surface area (Å²) in [5, 5.41) is 4.28. The summed E-state index contributed by atoms with van der Waals surface area (Å²) >= 11 is 0. The highest BCUT2D eigenvalue weighted by Crippen LogP contribution is 2.52. The maximum absolute atomic E-state index is 13.0. The lowest BCUT2D eigenvalue weighted by Gasteiger charge is -2.16. The molecule has 1 amide bonds. The number of fused-ring (bicyclic) bond motifs is 2. The van der Waals surface area contributed by atoms with Crippen molar-refractivity contribution in [1.82, 2.24) is 10.3 Å². The molecule has 0 radical (unpaired) electrons. The Morgan fingerprint density at radius 3 is 2.81 bits per heavy atom. The molecule has 26 heavy (non-hydrogen) atoms. The summed E-state index contributed by atoms with van der Waals surface area (Å²) in [6.07, 6.45) is 1.78. The minimum Gasteiger partial charge on any atom is -0.454 e. The Morgan fingerprint density at radius 1 is 1.15 bits per heavy atom. The van der Waals surface area contributed by atoms with Gasteiger partial charge in [0.25, 0.3) is 0 Å². The Balaban J connectivity index is 1.39. The predicted octanol–water partition coefficient (Wildman–Crippen LogP) is 3.55. The van der Waals surface area contributed by atoms with Gasteiger partial charge in [-0.1, -0.05) is 24.3 Å². The van der Waals surface area contributed by atoms with Crippen LogP contribution < -0.4 is 14.8 Å². The van der Waals surface area contributed by atoms with Crippen molar-refractivity contribution in [2.24, 2.45) is 0 Å². The van der Waals surface area contributed by atoms with Gasteiger partial charge in [0.1, 0.15) is 0 Å². The van der Waals surface area contributed by atoms with Gasteiger partial charge in [-0.2, -0.15) is 0 Å². The first kappa shape index (κ1) is 15.3. The summed E-state index contributed by atoms with van der Waals surface area (Å²) in [4.78, 5) is 16.5. The number of para-hydroxylation sites is 1. The van der Waals surface area contributed by atoms with Crippen LogP contribution in [0, 0.1) is 6.92 Å². The van der Waals surface area contributed by atoms with Crippen LogP contribution in [0.15, 0.2) is 42.5 Å². The zero-order chi connectivity index (χ0) is 17.7. The molecule has 5 nitrogen and oxygen atoms in total. The Labute approximate surface area is 151 Å². The fourth-order valence-electron chi connectivity index (χ4n) is 4.01. The number of aromatic nitrogens is 1. The fraction of sp³-hybridized carbons (Fsp3) is 0.286. The van der Waals surface area contributed by atoms with Crippen LogP contribution in [-0.2, 0) is 16.8 Å². The van der Waals surface area contributed by atoms with Gasteiger partial charge in [0.15, 0.2) is 11.5 Å². The van der Waals surface area contributed by atoms with Crippen molar-refractivity contribution in [2.75, 3.05) is 6.79 Å². The van der Waals surface area contributed by atoms with Crippen LogP contribution in [0.2, 0.25) is 0 Å². The van der Waals surface area contributed by atoms with Crippen LogP contribution >= 0.6 is 0 Å².